The first-order valence-electron chi connectivity index (χ1n) is 6.32. The van der Waals surface area contributed by atoms with Gasteiger partial charge in [0.15, 0.2) is 0 Å². The van der Waals surface area contributed by atoms with Crippen LogP contribution in [0.2, 0.25) is 0 Å². The number of aliphatic hydroxyl groups excluding tert-OH is 1. The molecule has 20 heavy (non-hydrogen) atoms. The van der Waals surface area contributed by atoms with Crippen molar-refractivity contribution < 1.29 is 14.2 Å². The molecule has 0 saturated carbocycles. The second-order valence-electron chi connectivity index (χ2n) is 4.74. The Morgan fingerprint density at radius 1 is 1.25 bits per heavy atom. The fourth-order valence-corrected chi connectivity index (χ4v) is 2.25. The molecule has 0 saturated heterocycles. The fraction of sp³-hybridized carbons (Fsp3) is 0.250. The monoisotopic (exact) mass is 338 g/mol. The summed E-state index contributed by atoms with van der Waals surface area (Å²) in [4.78, 5) is 0. The molecule has 0 aliphatic carbocycles. The average molecular weight is 339 g/mol. The Hall–Kier alpha value is -1.39. The molecule has 2 aromatic carbocycles. The molecule has 0 aromatic heterocycles. The van der Waals surface area contributed by atoms with Crippen LogP contribution in [0.15, 0.2) is 40.9 Å². The van der Waals surface area contributed by atoms with Crippen molar-refractivity contribution in [3.05, 3.63) is 63.4 Å². The quantitative estimate of drug-likeness (QED) is 0.887. The van der Waals surface area contributed by atoms with E-state index >= 15 is 0 Å². The normalized spacial score (nSPS) is 12.2. The van der Waals surface area contributed by atoms with Crippen molar-refractivity contribution in [1.29, 1.82) is 0 Å². The van der Waals surface area contributed by atoms with Gasteiger partial charge in [-0.3, -0.25) is 0 Å². The van der Waals surface area contributed by atoms with Crippen molar-refractivity contribution in [2.45, 2.75) is 26.6 Å². The van der Waals surface area contributed by atoms with Gasteiger partial charge in [-0.25, -0.2) is 4.39 Å². The van der Waals surface area contributed by atoms with E-state index < -0.39 is 6.10 Å². The van der Waals surface area contributed by atoms with Gasteiger partial charge in [-0.1, -0.05) is 33.6 Å². The third-order valence-corrected chi connectivity index (χ3v) is 3.51. The molecule has 0 spiro atoms. The van der Waals surface area contributed by atoms with Crippen LogP contribution >= 0.6 is 15.9 Å². The molecule has 2 rings (SSSR count). The highest BCUT2D eigenvalue weighted by Crippen LogP contribution is 2.27. The topological polar surface area (TPSA) is 29.5 Å². The van der Waals surface area contributed by atoms with Crippen LogP contribution in [0.3, 0.4) is 0 Å². The summed E-state index contributed by atoms with van der Waals surface area (Å²) < 4.78 is 20.1. The average Bonchev–Trinajstić information content (AvgIpc) is 2.38. The molecular formula is C16H16BrFO2. The van der Waals surface area contributed by atoms with E-state index in [4.69, 9.17) is 4.74 Å². The molecule has 0 bridgehead atoms. The molecule has 0 unspecified atom stereocenters. The number of ether oxygens (including phenoxy) is 1. The van der Waals surface area contributed by atoms with Crippen LogP contribution in [-0.4, -0.2) is 5.11 Å². The molecule has 0 aliphatic heterocycles. The maximum Gasteiger partial charge on any atom is 0.130 e. The molecule has 0 radical (unpaired) electrons. The molecule has 0 aliphatic rings. The van der Waals surface area contributed by atoms with Gasteiger partial charge in [-0.15, -0.1) is 0 Å². The maximum absolute atomic E-state index is 13.7. The summed E-state index contributed by atoms with van der Waals surface area (Å²) in [7, 11) is 0. The Kier molecular flexibility index (Phi) is 4.78. The minimum atomic E-state index is -0.625. The molecule has 0 heterocycles. The zero-order chi connectivity index (χ0) is 14.7. The summed E-state index contributed by atoms with van der Waals surface area (Å²) >= 11 is 3.22. The molecular weight excluding hydrogens is 323 g/mol. The van der Waals surface area contributed by atoms with Crippen molar-refractivity contribution in [2.75, 3.05) is 0 Å². The number of hydrogen-bond donors (Lipinski definition) is 1. The lowest BCUT2D eigenvalue weighted by molar-refractivity contribution is 0.189. The van der Waals surface area contributed by atoms with Crippen molar-refractivity contribution in [3.8, 4) is 5.75 Å². The minimum Gasteiger partial charge on any atom is -0.488 e. The van der Waals surface area contributed by atoms with Gasteiger partial charge in [0.1, 0.15) is 18.2 Å². The molecule has 0 fully saturated rings. The smallest absolute Gasteiger partial charge is 0.130 e. The van der Waals surface area contributed by atoms with Crippen LogP contribution < -0.4 is 4.74 Å². The van der Waals surface area contributed by atoms with Crippen molar-refractivity contribution in [1.82, 2.24) is 0 Å². The van der Waals surface area contributed by atoms with Crippen LogP contribution in [0.1, 0.15) is 29.7 Å². The Labute approximate surface area is 126 Å². The molecule has 4 heteroatoms. The largest absolute Gasteiger partial charge is 0.488 e. The van der Waals surface area contributed by atoms with Crippen molar-refractivity contribution >= 4 is 15.9 Å². The lowest BCUT2D eigenvalue weighted by Crippen LogP contribution is -2.03. The van der Waals surface area contributed by atoms with Crippen molar-refractivity contribution in [3.63, 3.8) is 0 Å². The van der Waals surface area contributed by atoms with Crippen LogP contribution in [-0.2, 0) is 6.61 Å². The minimum absolute atomic E-state index is 0.127. The van der Waals surface area contributed by atoms with E-state index in [1.165, 1.54) is 6.07 Å². The third-order valence-electron chi connectivity index (χ3n) is 3.01. The second kappa shape index (κ2) is 6.37. The molecule has 0 amide bonds. The summed E-state index contributed by atoms with van der Waals surface area (Å²) in [5.74, 6) is 0.262. The van der Waals surface area contributed by atoms with Gasteiger partial charge in [0.05, 0.1) is 6.10 Å². The van der Waals surface area contributed by atoms with Gasteiger partial charge in [-0.2, -0.15) is 0 Å². The molecule has 2 nitrogen and oxygen atoms in total. The lowest BCUT2D eigenvalue weighted by Gasteiger charge is -2.14. The number of rotatable bonds is 4. The Balaban J connectivity index is 2.18. The number of aryl methyl sites for hydroxylation is 1. The zero-order valence-electron chi connectivity index (χ0n) is 11.4. The predicted molar refractivity (Wildman–Crippen MR) is 80.2 cm³/mol. The van der Waals surface area contributed by atoms with Crippen LogP contribution in [0, 0.1) is 12.7 Å². The fourth-order valence-electron chi connectivity index (χ4n) is 1.92. The number of benzene rings is 2. The van der Waals surface area contributed by atoms with E-state index in [9.17, 15) is 9.50 Å². The van der Waals surface area contributed by atoms with Gasteiger partial charge >= 0.3 is 0 Å². The van der Waals surface area contributed by atoms with E-state index in [1.54, 1.807) is 25.1 Å². The van der Waals surface area contributed by atoms with Crippen LogP contribution in [0.4, 0.5) is 4.39 Å². The summed E-state index contributed by atoms with van der Waals surface area (Å²) in [5.41, 5.74) is 2.23. The molecule has 1 N–H and O–H groups in total. The van der Waals surface area contributed by atoms with Gasteiger partial charge in [0.2, 0.25) is 0 Å². The Bertz CT molecular complexity index is 611. The van der Waals surface area contributed by atoms with E-state index in [2.05, 4.69) is 15.9 Å². The number of aliphatic hydroxyl groups is 1. The van der Waals surface area contributed by atoms with E-state index in [-0.39, 0.29) is 12.4 Å². The highest BCUT2D eigenvalue weighted by Gasteiger charge is 2.11. The predicted octanol–water partition coefficient (Wildman–Crippen LogP) is 4.53. The van der Waals surface area contributed by atoms with E-state index in [0.29, 0.717) is 21.3 Å². The number of hydrogen-bond acceptors (Lipinski definition) is 2. The molecule has 106 valence electrons. The summed E-state index contributed by atoms with van der Waals surface area (Å²) in [6, 6.07) is 10.4. The van der Waals surface area contributed by atoms with Gasteiger partial charge < -0.3 is 9.84 Å². The zero-order valence-corrected chi connectivity index (χ0v) is 12.9. The second-order valence-corrected chi connectivity index (χ2v) is 5.66. The van der Waals surface area contributed by atoms with Gasteiger partial charge in [0, 0.05) is 15.6 Å². The van der Waals surface area contributed by atoms with E-state index in [0.717, 1.165) is 5.56 Å². The highest BCUT2D eigenvalue weighted by atomic mass is 79.9. The SMILES string of the molecule is Cc1ccc(OCc2ccc(Br)cc2F)c([C@H](C)O)c1. The van der Waals surface area contributed by atoms with Crippen molar-refractivity contribution in [2.24, 2.45) is 0 Å². The third kappa shape index (κ3) is 3.58. The Morgan fingerprint density at radius 2 is 2.00 bits per heavy atom. The van der Waals surface area contributed by atoms with Crippen LogP contribution in [0.5, 0.6) is 5.75 Å². The first-order chi connectivity index (χ1) is 9.47. The highest BCUT2D eigenvalue weighted by molar-refractivity contribution is 9.10. The summed E-state index contributed by atoms with van der Waals surface area (Å²) in [6.07, 6.45) is -0.625. The lowest BCUT2D eigenvalue weighted by atomic mass is 10.1. The van der Waals surface area contributed by atoms with Crippen LogP contribution in [0.25, 0.3) is 0 Å². The number of halogens is 2. The van der Waals surface area contributed by atoms with E-state index in [1.807, 2.05) is 19.1 Å². The molecule has 1 atom stereocenters. The first kappa shape index (κ1) is 15.0. The van der Waals surface area contributed by atoms with Gasteiger partial charge in [-0.05, 0) is 38.1 Å². The summed E-state index contributed by atoms with van der Waals surface area (Å²) in [6.45, 7) is 3.76. The maximum atomic E-state index is 13.7. The standard InChI is InChI=1S/C16H16BrFO2/c1-10-3-6-16(14(7-10)11(2)19)20-9-12-4-5-13(17)8-15(12)18/h3-8,11,19H,9H2,1-2H3/t11-/m0/s1. The molecule has 2 aromatic rings. The Morgan fingerprint density at radius 3 is 2.65 bits per heavy atom. The van der Waals surface area contributed by atoms with Gasteiger partial charge in [0.25, 0.3) is 0 Å². The summed E-state index contributed by atoms with van der Waals surface area (Å²) in [5, 5.41) is 9.76. The first-order valence-corrected chi connectivity index (χ1v) is 7.12.